The van der Waals surface area contributed by atoms with Gasteiger partial charge < -0.3 is 24.8 Å². The van der Waals surface area contributed by atoms with E-state index in [4.69, 9.17) is 4.74 Å². The molecule has 2 aromatic carbocycles. The molecular formula is C32H43N5O5S. The summed E-state index contributed by atoms with van der Waals surface area (Å²) >= 11 is 0. The quantitative estimate of drug-likeness (QED) is 0.370. The molecule has 2 aliphatic rings. The molecule has 0 saturated carbocycles. The maximum absolute atomic E-state index is 13.2. The molecular weight excluding hydrogens is 566 g/mol. The van der Waals surface area contributed by atoms with Crippen molar-refractivity contribution in [2.75, 3.05) is 31.5 Å². The molecule has 0 radical (unpaired) electrons. The Balaban J connectivity index is 1.15. The number of fused-ring (bicyclic) bond motifs is 1. The van der Waals surface area contributed by atoms with Crippen LogP contribution in [0.15, 0.2) is 53.6 Å². The molecule has 2 N–H and O–H groups in total. The number of rotatable bonds is 8. The minimum Gasteiger partial charge on any atom is -0.444 e. The summed E-state index contributed by atoms with van der Waals surface area (Å²) in [4.78, 5) is 27.3. The van der Waals surface area contributed by atoms with Gasteiger partial charge in [0.2, 0.25) is 15.9 Å². The van der Waals surface area contributed by atoms with Crippen molar-refractivity contribution in [1.82, 2.24) is 19.1 Å². The van der Waals surface area contributed by atoms with E-state index < -0.39 is 21.7 Å². The number of hydrogen-bond donors (Lipinski definition) is 2. The Bertz CT molecular complexity index is 1580. The summed E-state index contributed by atoms with van der Waals surface area (Å²) in [5.41, 5.74) is 3.17. The molecule has 0 spiro atoms. The zero-order valence-corrected chi connectivity index (χ0v) is 26.5. The summed E-state index contributed by atoms with van der Waals surface area (Å²) in [6.45, 7) is 12.0. The number of hydrogen-bond acceptors (Lipinski definition) is 6. The largest absolute Gasteiger partial charge is 0.444 e. The van der Waals surface area contributed by atoms with Crippen LogP contribution in [0.5, 0.6) is 0 Å². The smallest absolute Gasteiger partial charge is 0.410 e. The van der Waals surface area contributed by atoms with Gasteiger partial charge in [-0.15, -0.1) is 0 Å². The first-order valence-corrected chi connectivity index (χ1v) is 16.5. The van der Waals surface area contributed by atoms with Crippen molar-refractivity contribution in [3.63, 3.8) is 0 Å². The lowest BCUT2D eigenvalue weighted by Crippen LogP contribution is -2.57. The van der Waals surface area contributed by atoms with Gasteiger partial charge in [-0.1, -0.05) is 18.6 Å². The maximum atomic E-state index is 13.2. The van der Waals surface area contributed by atoms with Crippen LogP contribution in [0.1, 0.15) is 64.1 Å². The standard InChI is InChI=1S/C32H43N5O5S/c1-22-19-37(29-14-13-27(17-28(22)29)43(40,41)36-15-7-6-8-16-36)23(2)30(38)33-18-24-9-11-25(12-10-24)34-26-20-35(21-26)31(39)42-32(3,4)5/h9-14,17,19,23,26,34H,6-8,15-16,18,20-21H2,1-5H3,(H,33,38). The van der Waals surface area contributed by atoms with Crippen molar-refractivity contribution in [1.29, 1.82) is 0 Å². The molecule has 0 aliphatic carbocycles. The molecule has 43 heavy (non-hydrogen) atoms. The summed E-state index contributed by atoms with van der Waals surface area (Å²) in [5.74, 6) is -0.124. The number of piperidine rings is 1. The van der Waals surface area contributed by atoms with Gasteiger partial charge in [0.15, 0.2) is 0 Å². The number of amides is 2. The highest BCUT2D eigenvalue weighted by molar-refractivity contribution is 7.89. The van der Waals surface area contributed by atoms with Crippen LogP contribution in [0, 0.1) is 6.92 Å². The van der Waals surface area contributed by atoms with Gasteiger partial charge in [-0.2, -0.15) is 4.31 Å². The first-order valence-electron chi connectivity index (χ1n) is 15.0. The molecule has 1 unspecified atom stereocenters. The van der Waals surface area contributed by atoms with Crippen molar-refractivity contribution in [3.05, 3.63) is 59.8 Å². The molecule has 5 rings (SSSR count). The number of aryl methyl sites for hydroxylation is 1. The molecule has 10 nitrogen and oxygen atoms in total. The summed E-state index contributed by atoms with van der Waals surface area (Å²) < 4.78 is 35.3. The highest BCUT2D eigenvalue weighted by Crippen LogP contribution is 2.29. The van der Waals surface area contributed by atoms with Gasteiger partial charge in [0.25, 0.3) is 0 Å². The van der Waals surface area contributed by atoms with Crippen LogP contribution in [0.4, 0.5) is 10.5 Å². The van der Waals surface area contributed by atoms with Gasteiger partial charge >= 0.3 is 6.09 Å². The van der Waals surface area contributed by atoms with E-state index in [1.54, 1.807) is 21.3 Å². The van der Waals surface area contributed by atoms with Gasteiger partial charge in [-0.05, 0) is 88.9 Å². The molecule has 0 bridgehead atoms. The predicted molar refractivity (Wildman–Crippen MR) is 168 cm³/mol. The number of carbonyl (C=O) groups excluding carboxylic acids is 2. The number of benzene rings is 2. The third kappa shape index (κ3) is 6.99. The number of aromatic nitrogens is 1. The van der Waals surface area contributed by atoms with E-state index in [0.29, 0.717) is 37.6 Å². The minimum absolute atomic E-state index is 0.124. The monoisotopic (exact) mass is 609 g/mol. The van der Waals surface area contributed by atoms with E-state index in [-0.39, 0.29) is 18.0 Å². The number of likely N-dealkylation sites (tertiary alicyclic amines) is 1. The Labute approximate surface area is 254 Å². The minimum atomic E-state index is -3.54. The van der Waals surface area contributed by atoms with E-state index in [9.17, 15) is 18.0 Å². The molecule has 232 valence electrons. The lowest BCUT2D eigenvalue weighted by Gasteiger charge is -2.40. The molecule has 11 heteroatoms. The molecule has 2 aliphatic heterocycles. The fourth-order valence-corrected chi connectivity index (χ4v) is 7.15. The summed E-state index contributed by atoms with van der Waals surface area (Å²) in [6, 6.07) is 12.8. The number of carbonyl (C=O) groups is 2. The lowest BCUT2D eigenvalue weighted by molar-refractivity contribution is -0.123. The third-order valence-electron chi connectivity index (χ3n) is 8.08. The highest BCUT2D eigenvalue weighted by Gasteiger charge is 2.33. The Hall–Kier alpha value is -3.57. The van der Waals surface area contributed by atoms with Crippen molar-refractivity contribution in [2.24, 2.45) is 0 Å². The predicted octanol–water partition coefficient (Wildman–Crippen LogP) is 5.03. The number of nitrogens with zero attached hydrogens (tertiary/aromatic N) is 3. The zero-order chi connectivity index (χ0) is 30.9. The molecule has 3 heterocycles. The van der Waals surface area contributed by atoms with Crippen LogP contribution in [0.3, 0.4) is 0 Å². The van der Waals surface area contributed by atoms with Crippen molar-refractivity contribution < 1.29 is 22.7 Å². The van der Waals surface area contributed by atoms with E-state index in [1.165, 1.54) is 0 Å². The van der Waals surface area contributed by atoms with Crippen LogP contribution >= 0.6 is 0 Å². The van der Waals surface area contributed by atoms with Crippen LogP contribution in [0.2, 0.25) is 0 Å². The first kappa shape index (κ1) is 30.9. The van der Waals surface area contributed by atoms with Gasteiger partial charge in [0.05, 0.1) is 10.9 Å². The van der Waals surface area contributed by atoms with Crippen molar-refractivity contribution >= 4 is 38.6 Å². The summed E-state index contributed by atoms with van der Waals surface area (Å²) in [5, 5.41) is 7.29. The summed E-state index contributed by atoms with van der Waals surface area (Å²) in [6.07, 6.45) is 4.46. The Morgan fingerprint density at radius 3 is 2.35 bits per heavy atom. The molecule has 2 saturated heterocycles. The highest BCUT2D eigenvalue weighted by atomic mass is 32.2. The van der Waals surface area contributed by atoms with Crippen molar-refractivity contribution in [2.45, 2.75) is 83.0 Å². The maximum Gasteiger partial charge on any atom is 0.410 e. The first-order chi connectivity index (χ1) is 20.3. The second kappa shape index (κ2) is 12.2. The zero-order valence-electron chi connectivity index (χ0n) is 25.7. The van der Waals surface area contributed by atoms with Crippen LogP contribution in [0.25, 0.3) is 10.9 Å². The number of nitrogens with one attached hydrogen (secondary N) is 2. The topological polar surface area (TPSA) is 113 Å². The Morgan fingerprint density at radius 2 is 1.70 bits per heavy atom. The van der Waals surface area contributed by atoms with E-state index in [1.807, 2.05) is 75.7 Å². The van der Waals surface area contributed by atoms with Crippen molar-refractivity contribution in [3.8, 4) is 0 Å². The molecule has 3 aromatic rings. The number of ether oxygens (including phenoxy) is 1. The van der Waals surface area contributed by atoms with Crippen LogP contribution < -0.4 is 10.6 Å². The fourth-order valence-electron chi connectivity index (χ4n) is 5.60. The summed E-state index contributed by atoms with van der Waals surface area (Å²) in [7, 11) is -3.54. The molecule has 2 amide bonds. The number of sulfonamides is 1. The van der Waals surface area contributed by atoms with E-state index in [0.717, 1.165) is 47.0 Å². The molecule has 2 fully saturated rings. The van der Waals surface area contributed by atoms with Gasteiger partial charge in [-0.3, -0.25) is 4.79 Å². The molecule has 1 atom stereocenters. The average molecular weight is 610 g/mol. The normalized spacial score (nSPS) is 17.4. The van der Waals surface area contributed by atoms with Gasteiger partial charge in [-0.25, -0.2) is 13.2 Å². The fraction of sp³-hybridized carbons (Fsp3) is 0.500. The van der Waals surface area contributed by atoms with Crippen LogP contribution in [-0.4, -0.2) is 72.0 Å². The lowest BCUT2D eigenvalue weighted by atomic mass is 10.1. The van der Waals surface area contributed by atoms with Gasteiger partial charge in [0.1, 0.15) is 11.6 Å². The van der Waals surface area contributed by atoms with E-state index >= 15 is 0 Å². The SMILES string of the molecule is Cc1cn(C(C)C(=O)NCc2ccc(NC3CN(C(=O)OC(C)(C)C)C3)cc2)c2ccc(S(=O)(=O)N3CCCCC3)cc12. The van der Waals surface area contributed by atoms with Gasteiger partial charge in [0, 0.05) is 55.5 Å². The number of anilines is 1. The third-order valence-corrected chi connectivity index (χ3v) is 9.97. The molecule has 1 aromatic heterocycles. The second-order valence-electron chi connectivity index (χ2n) is 12.7. The van der Waals surface area contributed by atoms with Crippen LogP contribution in [-0.2, 0) is 26.1 Å². The average Bonchev–Trinajstić information content (AvgIpc) is 3.28. The second-order valence-corrected chi connectivity index (χ2v) is 14.6. The Kier molecular flexibility index (Phi) is 8.76. The Morgan fingerprint density at radius 1 is 1.02 bits per heavy atom. The van der Waals surface area contributed by atoms with E-state index in [2.05, 4.69) is 10.6 Å².